The molecular weight excluding hydrogens is 436 g/mol. The second kappa shape index (κ2) is 8.48. The molecule has 7 nitrogen and oxygen atoms in total. The van der Waals surface area contributed by atoms with Crippen molar-refractivity contribution in [2.24, 2.45) is 5.16 Å². The van der Waals surface area contributed by atoms with Gasteiger partial charge in [-0.2, -0.15) is 5.10 Å². The maximum Gasteiger partial charge on any atom is 0.268 e. The van der Waals surface area contributed by atoms with Gasteiger partial charge in [0, 0.05) is 18.3 Å². The molecule has 3 aromatic rings. The summed E-state index contributed by atoms with van der Waals surface area (Å²) in [5, 5.41) is 11.2. The van der Waals surface area contributed by atoms with Crippen molar-refractivity contribution < 1.29 is 14.4 Å². The number of nitrogens with one attached hydrogen (secondary N) is 1. The standard InChI is InChI=1S/C21H19BrN4O3/c1-28-18-8-4-15(5-9-18)19-10-20(29-25-19)21(27)24-17-6-2-14(3-7-17)12-26-13-16(22)11-23-26/h2-9,11,13,20H,10,12H2,1H3,(H,24,27). The zero-order chi connectivity index (χ0) is 20.2. The van der Waals surface area contributed by atoms with E-state index in [-0.39, 0.29) is 5.91 Å². The van der Waals surface area contributed by atoms with Gasteiger partial charge < -0.3 is 14.9 Å². The highest BCUT2D eigenvalue weighted by Crippen LogP contribution is 2.21. The lowest BCUT2D eigenvalue weighted by Gasteiger charge is -2.10. The number of methoxy groups -OCH3 is 1. The number of anilines is 1. The summed E-state index contributed by atoms with van der Waals surface area (Å²) in [5.74, 6) is 0.548. The van der Waals surface area contributed by atoms with E-state index in [1.165, 1.54) is 0 Å². The molecule has 0 spiro atoms. The number of ether oxygens (including phenoxy) is 1. The van der Waals surface area contributed by atoms with Crippen molar-refractivity contribution >= 4 is 33.2 Å². The van der Waals surface area contributed by atoms with Crippen LogP contribution in [-0.2, 0) is 16.2 Å². The number of rotatable bonds is 6. The molecule has 2 heterocycles. The van der Waals surface area contributed by atoms with E-state index in [2.05, 4.69) is 31.5 Å². The second-order valence-electron chi connectivity index (χ2n) is 6.61. The van der Waals surface area contributed by atoms with Gasteiger partial charge in [-0.3, -0.25) is 9.48 Å². The van der Waals surface area contributed by atoms with Crippen molar-refractivity contribution in [3.8, 4) is 5.75 Å². The molecule has 2 aromatic carbocycles. The quantitative estimate of drug-likeness (QED) is 0.613. The first-order valence-corrected chi connectivity index (χ1v) is 9.85. The molecule has 29 heavy (non-hydrogen) atoms. The molecule has 1 unspecified atom stereocenters. The van der Waals surface area contributed by atoms with E-state index in [1.807, 2.05) is 59.4 Å². The number of amides is 1. The zero-order valence-corrected chi connectivity index (χ0v) is 17.3. The van der Waals surface area contributed by atoms with Gasteiger partial charge in [0.25, 0.3) is 5.91 Å². The van der Waals surface area contributed by atoms with Gasteiger partial charge in [0.05, 0.1) is 30.0 Å². The highest BCUT2D eigenvalue weighted by molar-refractivity contribution is 9.10. The summed E-state index contributed by atoms with van der Waals surface area (Å²) in [6, 6.07) is 15.2. The molecule has 1 N–H and O–H groups in total. The highest BCUT2D eigenvalue weighted by Gasteiger charge is 2.29. The summed E-state index contributed by atoms with van der Waals surface area (Å²) >= 11 is 3.38. The Bertz CT molecular complexity index is 1030. The number of halogens is 1. The third kappa shape index (κ3) is 4.65. The van der Waals surface area contributed by atoms with E-state index in [1.54, 1.807) is 13.3 Å². The molecule has 1 aliphatic rings. The van der Waals surface area contributed by atoms with Crippen molar-refractivity contribution in [2.75, 3.05) is 12.4 Å². The minimum atomic E-state index is -0.645. The number of benzene rings is 2. The fraction of sp³-hybridized carbons (Fsp3) is 0.190. The summed E-state index contributed by atoms with van der Waals surface area (Å²) in [7, 11) is 1.62. The lowest BCUT2D eigenvalue weighted by molar-refractivity contribution is -0.125. The molecule has 0 bridgehead atoms. The van der Waals surface area contributed by atoms with Gasteiger partial charge in [0.15, 0.2) is 0 Å². The van der Waals surface area contributed by atoms with Crippen LogP contribution >= 0.6 is 15.9 Å². The lowest BCUT2D eigenvalue weighted by Crippen LogP contribution is -2.28. The van der Waals surface area contributed by atoms with E-state index in [9.17, 15) is 4.79 Å². The van der Waals surface area contributed by atoms with Gasteiger partial charge in [0.1, 0.15) is 5.75 Å². The van der Waals surface area contributed by atoms with Gasteiger partial charge in [-0.05, 0) is 63.5 Å². The van der Waals surface area contributed by atoms with E-state index >= 15 is 0 Å². The van der Waals surface area contributed by atoms with Gasteiger partial charge in [-0.25, -0.2) is 0 Å². The van der Waals surface area contributed by atoms with Crippen LogP contribution in [0.5, 0.6) is 5.75 Å². The molecular formula is C21H19BrN4O3. The topological polar surface area (TPSA) is 77.7 Å². The van der Waals surface area contributed by atoms with Crippen LogP contribution in [0, 0.1) is 0 Å². The number of hydrogen-bond acceptors (Lipinski definition) is 5. The average Bonchev–Trinajstić information content (AvgIpc) is 3.39. The van der Waals surface area contributed by atoms with Gasteiger partial charge in [-0.1, -0.05) is 17.3 Å². The summed E-state index contributed by atoms with van der Waals surface area (Å²) in [5.41, 5.74) is 3.45. The molecule has 1 aliphatic heterocycles. The number of oxime groups is 1. The lowest BCUT2D eigenvalue weighted by atomic mass is 10.0. The van der Waals surface area contributed by atoms with Crippen LogP contribution in [0.1, 0.15) is 17.5 Å². The molecule has 1 aromatic heterocycles. The third-order valence-electron chi connectivity index (χ3n) is 4.55. The molecule has 1 atom stereocenters. The fourth-order valence-corrected chi connectivity index (χ4v) is 3.33. The van der Waals surface area contributed by atoms with Crippen LogP contribution in [-0.4, -0.2) is 34.6 Å². The molecule has 0 saturated carbocycles. The van der Waals surface area contributed by atoms with Crippen molar-refractivity contribution in [3.05, 3.63) is 76.5 Å². The SMILES string of the molecule is COc1ccc(C2=NOC(C(=O)Nc3ccc(Cn4cc(Br)cn4)cc3)C2)cc1. The van der Waals surface area contributed by atoms with Crippen LogP contribution in [0.4, 0.5) is 5.69 Å². The number of aromatic nitrogens is 2. The Kier molecular flexibility index (Phi) is 5.62. The van der Waals surface area contributed by atoms with Crippen molar-refractivity contribution in [2.45, 2.75) is 19.1 Å². The average molecular weight is 455 g/mol. The maximum atomic E-state index is 12.5. The van der Waals surface area contributed by atoms with Crippen molar-refractivity contribution in [3.63, 3.8) is 0 Å². The number of nitrogens with zero attached hydrogens (tertiary/aromatic N) is 3. The van der Waals surface area contributed by atoms with Gasteiger partial charge in [0.2, 0.25) is 6.10 Å². The molecule has 0 saturated heterocycles. The predicted octanol–water partition coefficient (Wildman–Crippen LogP) is 3.83. The molecule has 8 heteroatoms. The molecule has 0 fully saturated rings. The second-order valence-corrected chi connectivity index (χ2v) is 7.52. The van der Waals surface area contributed by atoms with E-state index in [0.717, 1.165) is 27.1 Å². The van der Waals surface area contributed by atoms with E-state index < -0.39 is 6.10 Å². The number of carbonyl (C=O) groups is 1. The monoisotopic (exact) mass is 454 g/mol. The van der Waals surface area contributed by atoms with Crippen LogP contribution in [0.3, 0.4) is 0 Å². The molecule has 1 amide bonds. The Morgan fingerprint density at radius 2 is 2.00 bits per heavy atom. The Labute approximate surface area is 176 Å². The van der Waals surface area contributed by atoms with Gasteiger partial charge in [-0.15, -0.1) is 0 Å². The summed E-state index contributed by atoms with van der Waals surface area (Å²) in [6.07, 6.45) is 3.43. The summed E-state index contributed by atoms with van der Waals surface area (Å²) in [4.78, 5) is 17.9. The maximum absolute atomic E-state index is 12.5. The molecule has 0 radical (unpaired) electrons. The Morgan fingerprint density at radius 3 is 2.66 bits per heavy atom. The molecule has 4 rings (SSSR count). The van der Waals surface area contributed by atoms with Crippen LogP contribution in [0.25, 0.3) is 0 Å². The normalized spacial score (nSPS) is 15.5. The van der Waals surface area contributed by atoms with E-state index in [0.29, 0.717) is 18.7 Å². The van der Waals surface area contributed by atoms with E-state index in [4.69, 9.17) is 9.57 Å². The van der Waals surface area contributed by atoms with Crippen molar-refractivity contribution in [1.29, 1.82) is 0 Å². The minimum Gasteiger partial charge on any atom is -0.497 e. The minimum absolute atomic E-state index is 0.221. The first-order chi connectivity index (χ1) is 14.1. The molecule has 148 valence electrons. The van der Waals surface area contributed by atoms with Crippen LogP contribution < -0.4 is 10.1 Å². The van der Waals surface area contributed by atoms with Crippen LogP contribution in [0.15, 0.2) is 70.6 Å². The third-order valence-corrected chi connectivity index (χ3v) is 4.96. The Hall–Kier alpha value is -3.13. The summed E-state index contributed by atoms with van der Waals surface area (Å²) < 4.78 is 7.93. The fourth-order valence-electron chi connectivity index (χ4n) is 3.00. The highest BCUT2D eigenvalue weighted by atomic mass is 79.9. The smallest absolute Gasteiger partial charge is 0.268 e. The molecule has 0 aliphatic carbocycles. The first kappa shape index (κ1) is 19.2. The predicted molar refractivity (Wildman–Crippen MR) is 113 cm³/mol. The van der Waals surface area contributed by atoms with Gasteiger partial charge >= 0.3 is 0 Å². The first-order valence-electron chi connectivity index (χ1n) is 9.05. The summed E-state index contributed by atoms with van der Waals surface area (Å²) in [6.45, 7) is 0.657. The Morgan fingerprint density at radius 1 is 1.24 bits per heavy atom. The Balaban J connectivity index is 1.32. The zero-order valence-electron chi connectivity index (χ0n) is 15.7. The number of carbonyl (C=O) groups excluding carboxylic acids is 1. The largest absolute Gasteiger partial charge is 0.497 e. The number of hydrogen-bond donors (Lipinski definition) is 1. The van der Waals surface area contributed by atoms with Crippen molar-refractivity contribution in [1.82, 2.24) is 9.78 Å². The van der Waals surface area contributed by atoms with Crippen LogP contribution in [0.2, 0.25) is 0 Å².